The molecule has 90 valence electrons. The first-order chi connectivity index (χ1) is 7.07. The number of methoxy groups -OCH3 is 1. The molecule has 0 aromatic heterocycles. The fraction of sp³-hybridized carbons (Fsp3) is 1.00. The summed E-state index contributed by atoms with van der Waals surface area (Å²) < 4.78 is 5.23. The summed E-state index contributed by atoms with van der Waals surface area (Å²) in [6.45, 7) is 7.84. The monoisotopic (exact) mass is 213 g/mol. The van der Waals surface area contributed by atoms with Gasteiger partial charge in [-0.25, -0.2) is 0 Å². The van der Waals surface area contributed by atoms with Crippen molar-refractivity contribution in [3.05, 3.63) is 0 Å². The summed E-state index contributed by atoms with van der Waals surface area (Å²) in [6.07, 6.45) is 6.56. The minimum Gasteiger partial charge on any atom is -0.383 e. The van der Waals surface area contributed by atoms with Crippen LogP contribution in [-0.4, -0.2) is 25.8 Å². The molecule has 2 atom stereocenters. The molecule has 0 heterocycles. The Morgan fingerprint density at radius 2 is 2.20 bits per heavy atom. The smallest absolute Gasteiger partial charge is 0.0615 e. The third-order valence-corrected chi connectivity index (χ3v) is 3.54. The van der Waals surface area contributed by atoms with Crippen LogP contribution in [0.1, 0.15) is 52.9 Å². The highest BCUT2D eigenvalue weighted by molar-refractivity contribution is 4.85. The standard InChI is InChI=1S/C13H27NO/c1-5-11(10-15-4)14-12-7-6-8-13(2,3)9-12/h11-12,14H,5-10H2,1-4H3. The fourth-order valence-corrected chi connectivity index (χ4v) is 2.66. The minimum absolute atomic E-state index is 0.529. The second-order valence-corrected chi connectivity index (χ2v) is 5.68. The zero-order valence-corrected chi connectivity index (χ0v) is 10.8. The molecule has 2 unspecified atom stereocenters. The lowest BCUT2D eigenvalue weighted by Crippen LogP contribution is -2.44. The van der Waals surface area contributed by atoms with E-state index >= 15 is 0 Å². The van der Waals surface area contributed by atoms with E-state index in [2.05, 4.69) is 26.1 Å². The maximum atomic E-state index is 5.23. The Labute approximate surface area is 94.8 Å². The van der Waals surface area contributed by atoms with Crippen molar-refractivity contribution in [3.63, 3.8) is 0 Å². The molecule has 0 bridgehead atoms. The van der Waals surface area contributed by atoms with E-state index in [1.54, 1.807) is 7.11 Å². The summed E-state index contributed by atoms with van der Waals surface area (Å²) in [7, 11) is 1.79. The first kappa shape index (κ1) is 13.0. The molecular weight excluding hydrogens is 186 g/mol. The van der Waals surface area contributed by atoms with Crippen LogP contribution in [0.25, 0.3) is 0 Å². The predicted octanol–water partition coefficient (Wildman–Crippen LogP) is 2.97. The van der Waals surface area contributed by atoms with E-state index in [0.29, 0.717) is 17.5 Å². The SMILES string of the molecule is CCC(COC)NC1CCCC(C)(C)C1. The van der Waals surface area contributed by atoms with Crippen LogP contribution in [0, 0.1) is 5.41 Å². The molecule has 15 heavy (non-hydrogen) atoms. The van der Waals surface area contributed by atoms with Crippen molar-refractivity contribution in [2.24, 2.45) is 5.41 Å². The third-order valence-electron chi connectivity index (χ3n) is 3.54. The number of hydrogen-bond acceptors (Lipinski definition) is 2. The van der Waals surface area contributed by atoms with Gasteiger partial charge in [0.05, 0.1) is 6.61 Å². The van der Waals surface area contributed by atoms with Crippen LogP contribution in [-0.2, 0) is 4.74 Å². The van der Waals surface area contributed by atoms with E-state index in [1.807, 2.05) is 0 Å². The zero-order valence-electron chi connectivity index (χ0n) is 10.8. The summed E-state index contributed by atoms with van der Waals surface area (Å²) in [5.74, 6) is 0. The van der Waals surface area contributed by atoms with Gasteiger partial charge in [0, 0.05) is 19.2 Å². The highest BCUT2D eigenvalue weighted by Gasteiger charge is 2.28. The lowest BCUT2D eigenvalue weighted by molar-refractivity contribution is 0.135. The van der Waals surface area contributed by atoms with Gasteiger partial charge in [-0.05, 0) is 31.1 Å². The van der Waals surface area contributed by atoms with Gasteiger partial charge in [-0.1, -0.05) is 27.2 Å². The van der Waals surface area contributed by atoms with Crippen LogP contribution in [0.15, 0.2) is 0 Å². The van der Waals surface area contributed by atoms with Crippen molar-refractivity contribution >= 4 is 0 Å². The highest BCUT2D eigenvalue weighted by Crippen LogP contribution is 2.35. The molecule has 0 saturated heterocycles. The van der Waals surface area contributed by atoms with E-state index in [-0.39, 0.29) is 0 Å². The van der Waals surface area contributed by atoms with Crippen molar-refractivity contribution in [3.8, 4) is 0 Å². The number of rotatable bonds is 5. The van der Waals surface area contributed by atoms with Gasteiger partial charge >= 0.3 is 0 Å². The van der Waals surface area contributed by atoms with Crippen LogP contribution in [0.2, 0.25) is 0 Å². The Kier molecular flexibility index (Phi) is 5.07. The van der Waals surface area contributed by atoms with Gasteiger partial charge in [0.1, 0.15) is 0 Å². The van der Waals surface area contributed by atoms with Gasteiger partial charge in [-0.2, -0.15) is 0 Å². The maximum Gasteiger partial charge on any atom is 0.0615 e. The first-order valence-corrected chi connectivity index (χ1v) is 6.32. The van der Waals surface area contributed by atoms with Gasteiger partial charge in [-0.3, -0.25) is 0 Å². The average Bonchev–Trinajstić information content (AvgIpc) is 2.15. The molecule has 1 saturated carbocycles. The Bertz CT molecular complexity index is 179. The van der Waals surface area contributed by atoms with Crippen LogP contribution in [0.3, 0.4) is 0 Å². The molecule has 1 N–H and O–H groups in total. The zero-order chi connectivity index (χ0) is 11.3. The molecular formula is C13H27NO. The first-order valence-electron chi connectivity index (χ1n) is 6.32. The van der Waals surface area contributed by atoms with E-state index in [9.17, 15) is 0 Å². The molecule has 1 aliphatic rings. The maximum absolute atomic E-state index is 5.23. The van der Waals surface area contributed by atoms with Gasteiger partial charge < -0.3 is 10.1 Å². The molecule has 1 aliphatic carbocycles. The summed E-state index contributed by atoms with van der Waals surface area (Å²) in [5.41, 5.74) is 0.529. The molecule has 2 heteroatoms. The van der Waals surface area contributed by atoms with Crippen molar-refractivity contribution < 1.29 is 4.74 Å². The lowest BCUT2D eigenvalue weighted by Gasteiger charge is -2.37. The molecule has 0 aliphatic heterocycles. The quantitative estimate of drug-likeness (QED) is 0.758. The van der Waals surface area contributed by atoms with Crippen LogP contribution in [0.5, 0.6) is 0 Å². The van der Waals surface area contributed by atoms with Crippen LogP contribution < -0.4 is 5.32 Å². The van der Waals surface area contributed by atoms with Gasteiger partial charge in [0.15, 0.2) is 0 Å². The Balaban J connectivity index is 2.36. The Hall–Kier alpha value is -0.0800. The Morgan fingerprint density at radius 1 is 1.47 bits per heavy atom. The minimum atomic E-state index is 0.529. The average molecular weight is 213 g/mol. The summed E-state index contributed by atoms with van der Waals surface area (Å²) in [6, 6.07) is 1.24. The molecule has 1 rings (SSSR count). The van der Waals surface area contributed by atoms with E-state index in [1.165, 1.54) is 25.7 Å². The second-order valence-electron chi connectivity index (χ2n) is 5.68. The molecule has 0 amide bonds. The van der Waals surface area contributed by atoms with Crippen molar-refractivity contribution in [1.29, 1.82) is 0 Å². The molecule has 0 aromatic rings. The predicted molar refractivity (Wildman–Crippen MR) is 65.1 cm³/mol. The number of nitrogens with one attached hydrogen (secondary N) is 1. The van der Waals surface area contributed by atoms with Crippen molar-refractivity contribution in [2.45, 2.75) is 65.0 Å². The van der Waals surface area contributed by atoms with E-state index in [0.717, 1.165) is 13.0 Å². The molecule has 1 fully saturated rings. The van der Waals surface area contributed by atoms with E-state index in [4.69, 9.17) is 4.74 Å². The van der Waals surface area contributed by atoms with Crippen molar-refractivity contribution in [1.82, 2.24) is 5.32 Å². The van der Waals surface area contributed by atoms with Gasteiger partial charge in [0.2, 0.25) is 0 Å². The highest BCUT2D eigenvalue weighted by atomic mass is 16.5. The number of ether oxygens (including phenoxy) is 1. The summed E-state index contributed by atoms with van der Waals surface area (Å²) in [5, 5.41) is 3.74. The molecule has 2 nitrogen and oxygen atoms in total. The second kappa shape index (κ2) is 5.86. The van der Waals surface area contributed by atoms with E-state index < -0.39 is 0 Å². The Morgan fingerprint density at radius 3 is 2.73 bits per heavy atom. The molecule has 0 radical (unpaired) electrons. The van der Waals surface area contributed by atoms with Gasteiger partial charge in [0.25, 0.3) is 0 Å². The molecule has 0 aromatic carbocycles. The topological polar surface area (TPSA) is 21.3 Å². The largest absolute Gasteiger partial charge is 0.383 e. The normalized spacial score (nSPS) is 27.6. The van der Waals surface area contributed by atoms with Gasteiger partial charge in [-0.15, -0.1) is 0 Å². The van der Waals surface area contributed by atoms with Crippen LogP contribution in [0.4, 0.5) is 0 Å². The fourth-order valence-electron chi connectivity index (χ4n) is 2.66. The third kappa shape index (κ3) is 4.52. The van der Waals surface area contributed by atoms with Crippen LogP contribution >= 0.6 is 0 Å². The molecule has 0 spiro atoms. The summed E-state index contributed by atoms with van der Waals surface area (Å²) >= 11 is 0. The summed E-state index contributed by atoms with van der Waals surface area (Å²) in [4.78, 5) is 0. The lowest BCUT2D eigenvalue weighted by atomic mass is 9.75. The van der Waals surface area contributed by atoms with Crippen molar-refractivity contribution in [2.75, 3.05) is 13.7 Å². The number of hydrogen-bond donors (Lipinski definition) is 1.